The molecule has 0 heterocycles. The molecule has 0 fully saturated rings. The highest BCUT2D eigenvalue weighted by Crippen LogP contribution is 2.38. The lowest BCUT2D eigenvalue weighted by atomic mass is 10.0. The minimum absolute atomic E-state index is 0.0238. The Labute approximate surface area is 577 Å². The van der Waals surface area contributed by atoms with E-state index in [1.54, 1.807) is 0 Å². The smallest absolute Gasteiger partial charge is 0.306 e. The van der Waals surface area contributed by atoms with Gasteiger partial charge in [-0.25, -0.2) is 0 Å². The number of ether oxygens (including phenoxy) is 1. The second-order valence-electron chi connectivity index (χ2n) is 28.2. The van der Waals surface area contributed by atoms with Crippen molar-refractivity contribution in [3.63, 3.8) is 0 Å². The highest BCUT2D eigenvalue weighted by Gasteiger charge is 2.27. The summed E-state index contributed by atoms with van der Waals surface area (Å²) < 4.78 is 30.6. The van der Waals surface area contributed by atoms with Crippen LogP contribution in [0.4, 0.5) is 0 Å². The number of hydrogen-bond donors (Lipinski definition) is 1. The molecule has 3 atom stereocenters. The summed E-state index contributed by atoms with van der Waals surface area (Å²) in [4.78, 5) is 40.4. The van der Waals surface area contributed by atoms with Crippen LogP contribution < -0.4 is 10.2 Å². The second-order valence-corrected chi connectivity index (χ2v) is 29.6. The summed E-state index contributed by atoms with van der Waals surface area (Å²) in [5.74, 6) is -0.530. The Morgan fingerprint density at radius 2 is 0.688 bits per heavy atom. The fraction of sp³-hybridized carbons (Fsp3) is 0.807. The molecule has 0 saturated carbocycles. The minimum Gasteiger partial charge on any atom is -0.756 e. The number of nitrogens with zero attached hydrogens (tertiary/aromatic N) is 1. The van der Waals surface area contributed by atoms with E-state index >= 15 is 0 Å². The van der Waals surface area contributed by atoms with E-state index in [1.165, 1.54) is 244 Å². The number of carbonyl (C=O) groups is 2. The summed E-state index contributed by atoms with van der Waals surface area (Å²) in [5, 5.41) is 3.06. The zero-order chi connectivity index (χ0) is 67.8. The van der Waals surface area contributed by atoms with Crippen molar-refractivity contribution in [2.45, 2.75) is 392 Å². The first-order valence-corrected chi connectivity index (χ1v) is 41.4. The number of amides is 1. The molecule has 9 nitrogen and oxygen atoms in total. The van der Waals surface area contributed by atoms with Crippen LogP contribution in [-0.4, -0.2) is 69.4 Å². The summed E-state index contributed by atoms with van der Waals surface area (Å²) in [6, 6.07) is -0.894. The van der Waals surface area contributed by atoms with Crippen LogP contribution in [0.25, 0.3) is 0 Å². The predicted molar refractivity (Wildman–Crippen MR) is 404 cm³/mol. The van der Waals surface area contributed by atoms with Crippen molar-refractivity contribution in [2.24, 2.45) is 0 Å². The fourth-order valence-electron chi connectivity index (χ4n) is 11.7. The number of unbranched alkanes of at least 4 members (excludes halogenated alkanes) is 45. The van der Waals surface area contributed by atoms with Crippen LogP contribution >= 0.6 is 7.82 Å². The molecule has 93 heavy (non-hydrogen) atoms. The molecule has 1 N–H and O–H groups in total. The van der Waals surface area contributed by atoms with E-state index in [2.05, 4.69) is 99.0 Å². The standard InChI is InChI=1S/C83H153N2O7P/c1-7-10-13-16-19-22-25-28-30-32-34-36-38-40-42-44-46-48-50-52-54-57-60-63-66-69-72-75-82(86)84-80(79-91-93(88,89)90-78-77-85(4,5)6)81(74-71-68-65-62-59-56-27-24-21-18-15-12-9-3)92-83(87)76-73-70-67-64-61-58-55-53-51-49-47-45-43-41-39-37-35-33-31-29-26-23-20-17-14-11-8-2/h10,13,19,22,28-31,34,36,40,42,71,74,80-81H,7-9,11-12,14-18,20-21,23-27,32-33,35,37-39,41,43-70,72-73,75-79H2,1-6H3,(H-,84,86,88,89)/b13-10-,22-19-,30-28-,31-29+,36-34-,42-40-,74-71+. The van der Waals surface area contributed by atoms with E-state index in [-0.39, 0.29) is 31.5 Å². The number of hydrogen-bond acceptors (Lipinski definition) is 7. The molecule has 1 amide bonds. The van der Waals surface area contributed by atoms with Crippen LogP contribution in [0.1, 0.15) is 380 Å². The minimum atomic E-state index is -4.71. The molecule has 0 aromatic rings. The normalized spacial score (nSPS) is 13.8. The van der Waals surface area contributed by atoms with Gasteiger partial charge in [-0.1, -0.05) is 350 Å². The van der Waals surface area contributed by atoms with Gasteiger partial charge in [0.15, 0.2) is 0 Å². The summed E-state index contributed by atoms with van der Waals surface area (Å²) in [6.07, 6.45) is 97.3. The maximum atomic E-state index is 13.7. The van der Waals surface area contributed by atoms with Gasteiger partial charge < -0.3 is 28.5 Å². The van der Waals surface area contributed by atoms with Crippen LogP contribution in [0, 0.1) is 0 Å². The van der Waals surface area contributed by atoms with Crippen molar-refractivity contribution in [3.05, 3.63) is 85.1 Å². The van der Waals surface area contributed by atoms with Gasteiger partial charge in [0.25, 0.3) is 7.82 Å². The monoisotopic (exact) mass is 1320 g/mol. The maximum Gasteiger partial charge on any atom is 0.306 e. The van der Waals surface area contributed by atoms with Crippen molar-refractivity contribution < 1.29 is 37.3 Å². The quantitative estimate of drug-likeness (QED) is 0.0212. The molecule has 0 aromatic heterocycles. The number of phosphoric acid groups is 1. The van der Waals surface area contributed by atoms with Crippen LogP contribution in [0.2, 0.25) is 0 Å². The lowest BCUT2D eigenvalue weighted by molar-refractivity contribution is -0.870. The van der Waals surface area contributed by atoms with Crippen molar-refractivity contribution in [3.8, 4) is 0 Å². The van der Waals surface area contributed by atoms with Crippen LogP contribution in [-0.2, 0) is 27.9 Å². The van der Waals surface area contributed by atoms with Gasteiger partial charge in [0.2, 0.25) is 5.91 Å². The fourth-order valence-corrected chi connectivity index (χ4v) is 12.4. The molecular weight excluding hydrogens is 1170 g/mol. The van der Waals surface area contributed by atoms with Crippen LogP contribution in [0.3, 0.4) is 0 Å². The Hall–Kier alpha value is -2.81. The number of nitrogens with one attached hydrogen (secondary N) is 1. The van der Waals surface area contributed by atoms with E-state index in [0.717, 1.165) is 103 Å². The SMILES string of the molecule is CC/C=C\C/C=C\C/C=C\C/C=C\C/C=C\CCCCCCCCCCCCCC(=O)NC(COP(=O)([O-])OCC[N+](C)(C)C)C(/C=C/CCCCCCCCCCCCC)OC(=O)CCCCCCCCCCCCCCCCCCC/C=C/CCCCCCCC. The molecule has 0 radical (unpaired) electrons. The van der Waals surface area contributed by atoms with Crippen LogP contribution in [0.15, 0.2) is 85.1 Å². The van der Waals surface area contributed by atoms with E-state index in [4.69, 9.17) is 13.8 Å². The Kier molecular flexibility index (Phi) is 69.8. The third-order valence-corrected chi connectivity index (χ3v) is 18.8. The maximum absolute atomic E-state index is 13.7. The summed E-state index contributed by atoms with van der Waals surface area (Å²) >= 11 is 0. The highest BCUT2D eigenvalue weighted by atomic mass is 31.2. The molecule has 0 aliphatic rings. The van der Waals surface area contributed by atoms with Crippen molar-refractivity contribution >= 4 is 19.7 Å². The van der Waals surface area contributed by atoms with Gasteiger partial charge >= 0.3 is 5.97 Å². The third kappa shape index (κ3) is 73.3. The molecule has 542 valence electrons. The Morgan fingerprint density at radius 1 is 0.387 bits per heavy atom. The van der Waals surface area contributed by atoms with Crippen molar-refractivity contribution in [1.82, 2.24) is 5.32 Å². The average molecular weight is 1320 g/mol. The largest absolute Gasteiger partial charge is 0.756 e. The molecule has 0 rings (SSSR count). The Morgan fingerprint density at radius 3 is 1.04 bits per heavy atom. The van der Waals surface area contributed by atoms with Gasteiger partial charge in [-0.05, 0) is 102 Å². The van der Waals surface area contributed by atoms with Crippen molar-refractivity contribution in [2.75, 3.05) is 40.9 Å². The highest BCUT2D eigenvalue weighted by molar-refractivity contribution is 7.45. The average Bonchev–Trinajstić information content (AvgIpc) is 2.31. The zero-order valence-electron chi connectivity index (χ0n) is 62.2. The molecule has 3 unspecified atom stereocenters. The number of esters is 1. The van der Waals surface area contributed by atoms with E-state index < -0.39 is 20.0 Å². The molecule has 0 spiro atoms. The van der Waals surface area contributed by atoms with E-state index in [0.29, 0.717) is 17.4 Å². The molecule has 0 aliphatic carbocycles. The van der Waals surface area contributed by atoms with Gasteiger partial charge in [-0.3, -0.25) is 14.2 Å². The summed E-state index contributed by atoms with van der Waals surface area (Å²) in [6.45, 7) is 6.78. The summed E-state index contributed by atoms with van der Waals surface area (Å²) in [7, 11) is 1.19. The topological polar surface area (TPSA) is 114 Å². The van der Waals surface area contributed by atoms with Crippen LogP contribution in [0.5, 0.6) is 0 Å². The molecule has 0 aromatic carbocycles. The second kappa shape index (κ2) is 71.9. The third-order valence-electron chi connectivity index (χ3n) is 17.8. The first-order chi connectivity index (χ1) is 45.4. The van der Waals surface area contributed by atoms with Gasteiger partial charge in [0.1, 0.15) is 19.3 Å². The molecule has 0 aliphatic heterocycles. The molecule has 0 bridgehead atoms. The predicted octanol–water partition coefficient (Wildman–Crippen LogP) is 25.4. The number of carbonyl (C=O) groups excluding carboxylic acids is 2. The first kappa shape index (κ1) is 90.2. The lowest BCUT2D eigenvalue weighted by Crippen LogP contribution is -2.47. The van der Waals surface area contributed by atoms with Gasteiger partial charge in [-0.15, -0.1) is 0 Å². The number of phosphoric ester groups is 1. The van der Waals surface area contributed by atoms with Gasteiger partial charge in [0, 0.05) is 12.8 Å². The van der Waals surface area contributed by atoms with Gasteiger partial charge in [0.05, 0.1) is 33.8 Å². The zero-order valence-corrected chi connectivity index (χ0v) is 63.1. The first-order valence-electron chi connectivity index (χ1n) is 39.9. The molecular formula is C83H153N2O7P. The van der Waals surface area contributed by atoms with E-state index in [1.807, 2.05) is 33.3 Å². The van der Waals surface area contributed by atoms with E-state index in [9.17, 15) is 19.0 Å². The van der Waals surface area contributed by atoms with Crippen molar-refractivity contribution in [1.29, 1.82) is 0 Å². The van der Waals surface area contributed by atoms with Gasteiger partial charge in [-0.2, -0.15) is 0 Å². The Balaban J connectivity index is 4.95. The summed E-state index contributed by atoms with van der Waals surface area (Å²) in [5.41, 5.74) is 0. The number of rotatable bonds is 73. The molecule has 10 heteroatoms. The number of allylic oxidation sites excluding steroid dienone is 13. The lowest BCUT2D eigenvalue weighted by Gasteiger charge is -2.30. The number of likely N-dealkylation sites (N-methyl/N-ethyl adjacent to an activating group) is 1. The number of quaternary nitrogens is 1. The Bertz CT molecular complexity index is 1870. The molecule has 0 saturated heterocycles.